The molecule has 0 bridgehead atoms. The number of halogens is 1. The normalized spacial score (nSPS) is 23.3. The van der Waals surface area contributed by atoms with Crippen LogP contribution in [0, 0.1) is 5.82 Å². The van der Waals surface area contributed by atoms with Gasteiger partial charge < -0.3 is 15.3 Å². The third kappa shape index (κ3) is 3.52. The van der Waals surface area contributed by atoms with E-state index in [1.807, 2.05) is 0 Å². The number of carbonyl (C=O) groups excluding carboxylic acids is 2. The second-order valence-electron chi connectivity index (χ2n) is 6.41. The van der Waals surface area contributed by atoms with Gasteiger partial charge in [-0.05, 0) is 49.8 Å². The molecule has 2 N–H and O–H groups in total. The molecule has 0 radical (unpaired) electrons. The number of rotatable bonds is 4. The lowest BCUT2D eigenvalue weighted by molar-refractivity contribution is -0.142. The Balaban J connectivity index is 1.63. The Hall–Kier alpha value is -1.95. The third-order valence-corrected chi connectivity index (χ3v) is 4.61. The maximum atomic E-state index is 13.0. The smallest absolute Gasteiger partial charge is 0.251 e. The molecular formula is C17H21FN2O3. The van der Waals surface area contributed by atoms with Crippen LogP contribution >= 0.6 is 0 Å². The topological polar surface area (TPSA) is 69.6 Å². The summed E-state index contributed by atoms with van der Waals surface area (Å²) in [7, 11) is 0. The molecule has 0 spiro atoms. The molecule has 1 unspecified atom stereocenters. The summed E-state index contributed by atoms with van der Waals surface area (Å²) in [5.41, 5.74) is 0.452. The number of hydrogen-bond donors (Lipinski definition) is 2. The SMILES string of the molecule is O=C(CN1CCCCC(O)C1=O)NC1(c2ccc(F)cc2)CC1. The lowest BCUT2D eigenvalue weighted by atomic mass is 10.0. The summed E-state index contributed by atoms with van der Waals surface area (Å²) in [5, 5.41) is 12.7. The zero-order chi connectivity index (χ0) is 16.4. The average Bonchev–Trinajstić information content (AvgIpc) is 3.31. The molecule has 1 aliphatic carbocycles. The second-order valence-corrected chi connectivity index (χ2v) is 6.41. The van der Waals surface area contributed by atoms with Crippen LogP contribution in [0.25, 0.3) is 0 Å². The first kappa shape index (κ1) is 15.9. The van der Waals surface area contributed by atoms with Gasteiger partial charge in [-0.15, -0.1) is 0 Å². The van der Waals surface area contributed by atoms with Crippen molar-refractivity contribution in [2.24, 2.45) is 0 Å². The largest absolute Gasteiger partial charge is 0.383 e. The molecule has 2 fully saturated rings. The van der Waals surface area contributed by atoms with E-state index in [-0.39, 0.29) is 24.2 Å². The van der Waals surface area contributed by atoms with E-state index in [2.05, 4.69) is 5.32 Å². The number of hydrogen-bond acceptors (Lipinski definition) is 3. The molecular weight excluding hydrogens is 299 g/mol. The van der Waals surface area contributed by atoms with Crippen LogP contribution in [-0.4, -0.2) is 41.0 Å². The van der Waals surface area contributed by atoms with E-state index in [0.29, 0.717) is 13.0 Å². The summed E-state index contributed by atoms with van der Waals surface area (Å²) in [5.74, 6) is -0.918. The highest BCUT2D eigenvalue weighted by atomic mass is 19.1. The van der Waals surface area contributed by atoms with E-state index in [1.54, 1.807) is 12.1 Å². The number of likely N-dealkylation sites (tertiary alicyclic amines) is 1. The summed E-state index contributed by atoms with van der Waals surface area (Å²) in [6, 6.07) is 6.14. The highest BCUT2D eigenvalue weighted by Crippen LogP contribution is 2.45. The van der Waals surface area contributed by atoms with Gasteiger partial charge in [-0.2, -0.15) is 0 Å². The highest BCUT2D eigenvalue weighted by Gasteiger charge is 2.45. The van der Waals surface area contributed by atoms with Crippen LogP contribution in [0.2, 0.25) is 0 Å². The molecule has 1 atom stereocenters. The molecule has 1 aliphatic heterocycles. The number of aliphatic hydroxyl groups is 1. The van der Waals surface area contributed by atoms with Gasteiger partial charge in [0, 0.05) is 6.54 Å². The molecule has 1 aromatic carbocycles. The van der Waals surface area contributed by atoms with Crippen LogP contribution in [0.3, 0.4) is 0 Å². The minimum Gasteiger partial charge on any atom is -0.383 e. The van der Waals surface area contributed by atoms with Gasteiger partial charge in [-0.25, -0.2) is 4.39 Å². The minimum absolute atomic E-state index is 0.0428. The summed E-state index contributed by atoms with van der Waals surface area (Å²) in [4.78, 5) is 25.8. The Labute approximate surface area is 134 Å². The summed E-state index contributed by atoms with van der Waals surface area (Å²) >= 11 is 0. The Bertz CT molecular complexity index is 598. The Morgan fingerprint density at radius 1 is 1.30 bits per heavy atom. The Morgan fingerprint density at radius 3 is 2.65 bits per heavy atom. The first-order valence-electron chi connectivity index (χ1n) is 8.04. The zero-order valence-electron chi connectivity index (χ0n) is 12.9. The second kappa shape index (κ2) is 6.28. The number of benzene rings is 1. The van der Waals surface area contributed by atoms with Crippen molar-refractivity contribution in [3.05, 3.63) is 35.6 Å². The molecule has 0 aromatic heterocycles. The molecule has 1 saturated carbocycles. The van der Waals surface area contributed by atoms with Crippen LogP contribution in [0.15, 0.2) is 24.3 Å². The highest BCUT2D eigenvalue weighted by molar-refractivity contribution is 5.87. The third-order valence-electron chi connectivity index (χ3n) is 4.61. The van der Waals surface area contributed by atoms with Crippen molar-refractivity contribution in [1.29, 1.82) is 0 Å². The fourth-order valence-electron chi connectivity index (χ4n) is 3.10. The average molecular weight is 320 g/mol. The predicted octanol–water partition coefficient (Wildman–Crippen LogP) is 1.30. The standard InChI is InChI=1S/C17H21FN2O3/c18-13-6-4-12(5-7-13)17(8-9-17)19-15(22)11-20-10-2-1-3-14(21)16(20)23/h4-7,14,21H,1-3,8-11H2,(H,19,22). The molecule has 2 aliphatic rings. The lowest BCUT2D eigenvalue weighted by Crippen LogP contribution is -2.46. The van der Waals surface area contributed by atoms with Crippen molar-refractivity contribution in [1.82, 2.24) is 10.2 Å². The monoisotopic (exact) mass is 320 g/mol. The molecule has 23 heavy (non-hydrogen) atoms. The maximum absolute atomic E-state index is 13.0. The number of nitrogens with zero attached hydrogens (tertiary/aromatic N) is 1. The molecule has 3 rings (SSSR count). The molecule has 1 heterocycles. The molecule has 2 amide bonds. The van der Waals surface area contributed by atoms with Crippen molar-refractivity contribution in [2.45, 2.75) is 43.7 Å². The molecule has 5 nitrogen and oxygen atoms in total. The first-order chi connectivity index (χ1) is 11.0. The summed E-state index contributed by atoms with van der Waals surface area (Å²) in [6.45, 7) is 0.450. The van der Waals surface area contributed by atoms with E-state index >= 15 is 0 Å². The Morgan fingerprint density at radius 2 is 2.00 bits per heavy atom. The van der Waals surface area contributed by atoms with Gasteiger partial charge in [-0.1, -0.05) is 12.1 Å². The fraction of sp³-hybridized carbons (Fsp3) is 0.529. The number of carbonyl (C=O) groups is 2. The van der Waals surface area contributed by atoms with Crippen molar-refractivity contribution in [2.75, 3.05) is 13.1 Å². The van der Waals surface area contributed by atoms with Crippen LogP contribution in [0.5, 0.6) is 0 Å². The van der Waals surface area contributed by atoms with E-state index in [4.69, 9.17) is 0 Å². The zero-order valence-corrected chi connectivity index (χ0v) is 12.9. The molecule has 1 aromatic rings. The van der Waals surface area contributed by atoms with Crippen molar-refractivity contribution in [3.63, 3.8) is 0 Å². The van der Waals surface area contributed by atoms with Crippen molar-refractivity contribution >= 4 is 11.8 Å². The van der Waals surface area contributed by atoms with Crippen LogP contribution in [0.1, 0.15) is 37.7 Å². The van der Waals surface area contributed by atoms with E-state index in [0.717, 1.165) is 31.2 Å². The lowest BCUT2D eigenvalue weighted by Gasteiger charge is -2.24. The number of aliphatic hydroxyl groups excluding tert-OH is 1. The van der Waals surface area contributed by atoms with Gasteiger partial charge in [0.05, 0.1) is 12.1 Å². The number of amides is 2. The van der Waals surface area contributed by atoms with Gasteiger partial charge >= 0.3 is 0 Å². The van der Waals surface area contributed by atoms with Gasteiger partial charge in [-0.3, -0.25) is 9.59 Å². The van der Waals surface area contributed by atoms with Gasteiger partial charge in [0.25, 0.3) is 5.91 Å². The van der Waals surface area contributed by atoms with E-state index < -0.39 is 11.6 Å². The van der Waals surface area contributed by atoms with Gasteiger partial charge in [0.15, 0.2) is 0 Å². The fourth-order valence-corrected chi connectivity index (χ4v) is 3.10. The molecule has 6 heteroatoms. The van der Waals surface area contributed by atoms with Crippen LogP contribution < -0.4 is 5.32 Å². The number of nitrogens with one attached hydrogen (secondary N) is 1. The van der Waals surface area contributed by atoms with Crippen LogP contribution in [0.4, 0.5) is 4.39 Å². The van der Waals surface area contributed by atoms with Gasteiger partial charge in [0.2, 0.25) is 5.91 Å². The van der Waals surface area contributed by atoms with Gasteiger partial charge in [0.1, 0.15) is 11.9 Å². The quantitative estimate of drug-likeness (QED) is 0.879. The summed E-state index contributed by atoms with van der Waals surface area (Å²) < 4.78 is 13.0. The molecule has 1 saturated heterocycles. The van der Waals surface area contributed by atoms with Crippen molar-refractivity contribution < 1.29 is 19.1 Å². The Kier molecular flexibility index (Phi) is 4.35. The van der Waals surface area contributed by atoms with Crippen LogP contribution in [-0.2, 0) is 15.1 Å². The molecule has 124 valence electrons. The maximum Gasteiger partial charge on any atom is 0.251 e. The van der Waals surface area contributed by atoms with Crippen molar-refractivity contribution in [3.8, 4) is 0 Å². The predicted molar refractivity (Wildman–Crippen MR) is 81.9 cm³/mol. The first-order valence-corrected chi connectivity index (χ1v) is 8.04. The summed E-state index contributed by atoms with van der Waals surface area (Å²) in [6.07, 6.45) is 2.64. The minimum atomic E-state index is -1.00. The van der Waals surface area contributed by atoms with E-state index in [9.17, 15) is 19.1 Å². The van der Waals surface area contributed by atoms with E-state index in [1.165, 1.54) is 17.0 Å².